The molecule has 38 heavy (non-hydrogen) atoms. The van der Waals surface area contributed by atoms with E-state index in [1.165, 1.54) is 0 Å². The molecule has 10 heteroatoms. The first kappa shape index (κ1) is 26.4. The zero-order valence-electron chi connectivity index (χ0n) is 21.7. The van der Waals surface area contributed by atoms with Gasteiger partial charge in [0.25, 0.3) is 0 Å². The van der Waals surface area contributed by atoms with Gasteiger partial charge < -0.3 is 29.0 Å². The molecular weight excluding hydrogens is 490 g/mol. The molecule has 2 fully saturated rings. The number of carboxylic acids is 1. The van der Waals surface area contributed by atoms with Crippen LogP contribution in [0.5, 0.6) is 11.5 Å². The third-order valence-corrected chi connectivity index (χ3v) is 7.58. The van der Waals surface area contributed by atoms with Crippen LogP contribution >= 0.6 is 0 Å². The molecule has 0 saturated carbocycles. The summed E-state index contributed by atoms with van der Waals surface area (Å²) in [6.45, 7) is 4.45. The van der Waals surface area contributed by atoms with Crippen LogP contribution < -0.4 is 14.4 Å². The summed E-state index contributed by atoms with van der Waals surface area (Å²) < 4.78 is 22.3. The molecular formula is C28H35N3O7. The Balaban J connectivity index is 1.41. The number of fused-ring (bicyclic) bond motifs is 1. The van der Waals surface area contributed by atoms with E-state index >= 15 is 0 Å². The number of aromatic nitrogens is 1. The summed E-state index contributed by atoms with van der Waals surface area (Å²) in [5.41, 5.74) is 1.61. The molecule has 2 saturated heterocycles. The number of hydrogen-bond donors (Lipinski definition) is 1. The fourth-order valence-electron chi connectivity index (χ4n) is 5.70. The first-order chi connectivity index (χ1) is 18.5. The Morgan fingerprint density at radius 1 is 1.13 bits per heavy atom. The Morgan fingerprint density at radius 3 is 2.68 bits per heavy atom. The summed E-state index contributed by atoms with van der Waals surface area (Å²) in [5.74, 6) is -0.690. The molecule has 10 nitrogen and oxygen atoms in total. The second-order valence-corrected chi connectivity index (χ2v) is 9.94. The van der Waals surface area contributed by atoms with Crippen LogP contribution in [0.4, 0.5) is 5.69 Å². The summed E-state index contributed by atoms with van der Waals surface area (Å²) in [7, 11) is 0. The maximum Gasteiger partial charge on any atom is 0.308 e. The molecule has 2 aromatic rings. The lowest BCUT2D eigenvalue weighted by Crippen LogP contribution is -2.44. The first-order valence-electron chi connectivity index (χ1n) is 13.3. The van der Waals surface area contributed by atoms with Gasteiger partial charge in [0.1, 0.15) is 0 Å². The van der Waals surface area contributed by atoms with Gasteiger partial charge in [-0.15, -0.1) is 0 Å². The van der Waals surface area contributed by atoms with Gasteiger partial charge in [-0.3, -0.25) is 19.5 Å². The molecule has 0 bridgehead atoms. The van der Waals surface area contributed by atoms with Crippen LogP contribution in [0.25, 0.3) is 0 Å². The topological polar surface area (TPSA) is 111 Å². The number of rotatable bonds is 11. The molecule has 0 spiro atoms. The van der Waals surface area contributed by atoms with Crippen LogP contribution in [-0.2, 0) is 19.1 Å². The SMILES string of the molecule is CCCCN(C(=O)CN1C[C@H](c2ccc3c(c2)OCO3)C(C(=O)O)[C@@H]1CCC1OCCO1)c1cccnc1. The molecule has 0 aliphatic carbocycles. The number of aliphatic carboxylic acids is 1. The van der Waals surface area contributed by atoms with E-state index in [-0.39, 0.29) is 37.5 Å². The normalized spacial score (nSPS) is 23.1. The van der Waals surface area contributed by atoms with Crippen LogP contribution in [0.2, 0.25) is 0 Å². The van der Waals surface area contributed by atoms with Gasteiger partial charge in [0.2, 0.25) is 12.7 Å². The third-order valence-electron chi connectivity index (χ3n) is 7.58. The lowest BCUT2D eigenvalue weighted by molar-refractivity contribution is -0.143. The van der Waals surface area contributed by atoms with Gasteiger partial charge in [-0.1, -0.05) is 19.4 Å². The van der Waals surface area contributed by atoms with Crippen LogP contribution in [0.1, 0.15) is 44.1 Å². The quantitative estimate of drug-likeness (QED) is 0.473. The third kappa shape index (κ3) is 5.77. The van der Waals surface area contributed by atoms with Gasteiger partial charge in [0.05, 0.1) is 37.6 Å². The second-order valence-electron chi connectivity index (χ2n) is 9.94. The minimum absolute atomic E-state index is 0.0692. The van der Waals surface area contributed by atoms with Gasteiger partial charge in [-0.2, -0.15) is 0 Å². The van der Waals surface area contributed by atoms with Crippen molar-refractivity contribution in [2.75, 3.05) is 44.5 Å². The van der Waals surface area contributed by atoms with Crippen LogP contribution in [0, 0.1) is 5.92 Å². The predicted octanol–water partition coefficient (Wildman–Crippen LogP) is 3.27. The van der Waals surface area contributed by atoms with E-state index in [1.54, 1.807) is 17.3 Å². The number of ether oxygens (including phenoxy) is 4. The zero-order chi connectivity index (χ0) is 26.5. The summed E-state index contributed by atoms with van der Waals surface area (Å²) in [6, 6.07) is 8.95. The molecule has 204 valence electrons. The summed E-state index contributed by atoms with van der Waals surface area (Å²) >= 11 is 0. The maximum absolute atomic E-state index is 13.7. The highest BCUT2D eigenvalue weighted by Crippen LogP contribution is 2.43. The maximum atomic E-state index is 13.7. The fraction of sp³-hybridized carbons (Fsp3) is 0.536. The second kappa shape index (κ2) is 12.1. The molecule has 4 heterocycles. The van der Waals surface area contributed by atoms with Gasteiger partial charge >= 0.3 is 5.97 Å². The largest absolute Gasteiger partial charge is 0.481 e. The Morgan fingerprint density at radius 2 is 1.95 bits per heavy atom. The molecule has 3 atom stereocenters. The van der Waals surface area contributed by atoms with Crippen LogP contribution in [0.3, 0.4) is 0 Å². The van der Waals surface area contributed by atoms with Crippen LogP contribution in [-0.4, -0.2) is 78.8 Å². The summed E-state index contributed by atoms with van der Waals surface area (Å²) in [6.07, 6.45) is 5.95. The number of amides is 1. The van der Waals surface area contributed by atoms with Crippen molar-refractivity contribution >= 4 is 17.6 Å². The zero-order valence-corrected chi connectivity index (χ0v) is 21.7. The van der Waals surface area contributed by atoms with Crippen molar-refractivity contribution in [1.29, 1.82) is 0 Å². The molecule has 1 unspecified atom stereocenters. The van der Waals surface area contributed by atoms with E-state index in [1.807, 2.05) is 35.2 Å². The molecule has 1 N–H and O–H groups in total. The van der Waals surface area contributed by atoms with Gasteiger partial charge in [-0.25, -0.2) is 0 Å². The number of pyridine rings is 1. The Hall–Kier alpha value is -3.21. The number of carboxylic acid groups (broad SMARTS) is 1. The smallest absolute Gasteiger partial charge is 0.308 e. The van der Waals surface area contributed by atoms with Gasteiger partial charge in [-0.05, 0) is 49.1 Å². The highest BCUT2D eigenvalue weighted by molar-refractivity contribution is 5.94. The predicted molar refractivity (Wildman–Crippen MR) is 138 cm³/mol. The van der Waals surface area contributed by atoms with Crippen molar-refractivity contribution in [3.05, 3.63) is 48.3 Å². The minimum atomic E-state index is -0.879. The van der Waals surface area contributed by atoms with Crippen molar-refractivity contribution in [2.45, 2.75) is 50.9 Å². The van der Waals surface area contributed by atoms with E-state index in [9.17, 15) is 14.7 Å². The molecule has 3 aliphatic rings. The van der Waals surface area contributed by atoms with Crippen molar-refractivity contribution in [3.63, 3.8) is 0 Å². The van der Waals surface area contributed by atoms with Crippen LogP contribution in [0.15, 0.2) is 42.7 Å². The van der Waals surface area contributed by atoms with E-state index < -0.39 is 11.9 Å². The minimum Gasteiger partial charge on any atom is -0.481 e. The van der Waals surface area contributed by atoms with E-state index in [4.69, 9.17) is 18.9 Å². The Labute approximate surface area is 222 Å². The highest BCUT2D eigenvalue weighted by atomic mass is 16.7. The fourth-order valence-corrected chi connectivity index (χ4v) is 5.70. The monoisotopic (exact) mass is 525 g/mol. The summed E-state index contributed by atoms with van der Waals surface area (Å²) in [4.78, 5) is 34.4. The molecule has 1 aromatic heterocycles. The number of carbonyl (C=O) groups excluding carboxylic acids is 1. The molecule has 1 aromatic carbocycles. The number of hydrogen-bond acceptors (Lipinski definition) is 8. The van der Waals surface area contributed by atoms with E-state index in [2.05, 4.69) is 11.9 Å². The number of unbranched alkanes of at least 4 members (excludes halogenated alkanes) is 1. The Kier molecular flexibility index (Phi) is 8.41. The number of anilines is 1. The lowest BCUT2D eigenvalue weighted by Gasteiger charge is -2.30. The van der Waals surface area contributed by atoms with E-state index in [0.29, 0.717) is 50.6 Å². The standard InChI is InChI=1S/C28H35N3O7/c1-2-3-11-31(20-5-4-10-29-15-20)25(32)17-30-16-21(19-6-8-23-24(14-19)38-18-37-23)27(28(33)34)22(30)7-9-26-35-12-13-36-26/h4-6,8,10,14-15,21-22,26-27H,2-3,7,9,11-13,16-18H2,1H3,(H,33,34)/t21-,22+,27?/m1/s1. The Bertz CT molecular complexity index is 1110. The summed E-state index contributed by atoms with van der Waals surface area (Å²) in [5, 5.41) is 10.4. The van der Waals surface area contributed by atoms with Crippen molar-refractivity contribution in [2.24, 2.45) is 5.92 Å². The molecule has 1 amide bonds. The molecule has 5 rings (SSSR count). The molecule has 3 aliphatic heterocycles. The van der Waals surface area contributed by atoms with Gasteiger partial charge in [0, 0.05) is 31.2 Å². The highest BCUT2D eigenvalue weighted by Gasteiger charge is 2.47. The first-order valence-corrected chi connectivity index (χ1v) is 13.3. The molecule has 0 radical (unpaired) electrons. The van der Waals surface area contributed by atoms with E-state index in [0.717, 1.165) is 24.1 Å². The number of nitrogens with zero attached hydrogens (tertiary/aromatic N) is 3. The average molecular weight is 526 g/mol. The van der Waals surface area contributed by atoms with Gasteiger partial charge in [0.15, 0.2) is 17.8 Å². The number of benzene rings is 1. The van der Waals surface area contributed by atoms with Crippen molar-refractivity contribution < 1.29 is 33.6 Å². The van der Waals surface area contributed by atoms with Crippen molar-refractivity contribution in [1.82, 2.24) is 9.88 Å². The lowest BCUT2D eigenvalue weighted by atomic mass is 9.83. The number of carbonyl (C=O) groups is 2. The van der Waals surface area contributed by atoms with Crippen molar-refractivity contribution in [3.8, 4) is 11.5 Å². The number of likely N-dealkylation sites (tertiary alicyclic amines) is 1. The average Bonchev–Trinajstić information content (AvgIpc) is 3.68.